The molecule has 2 rings (SSSR count). The first-order valence-corrected chi connectivity index (χ1v) is 10.0. The minimum atomic E-state index is -1.18. The number of hydrogen-bond donors (Lipinski definition) is 4. The molecule has 0 aliphatic carbocycles. The van der Waals surface area contributed by atoms with Crippen LogP contribution in [0.15, 0.2) is 59.1 Å². The predicted octanol–water partition coefficient (Wildman–Crippen LogP) is 2.24. The molecule has 0 bridgehead atoms. The minimum absolute atomic E-state index is 0.0829. The molecule has 9 heteroatoms. The zero-order valence-corrected chi connectivity index (χ0v) is 17.7. The van der Waals surface area contributed by atoms with Crippen LogP contribution in [0.4, 0.5) is 4.79 Å². The Morgan fingerprint density at radius 2 is 1.67 bits per heavy atom. The number of nitrogens with one attached hydrogen (secondary N) is 2. The average molecular weight is 479 g/mol. The molecule has 0 aromatic heterocycles. The number of alkyl carbamates (subject to hydrolysis) is 1. The van der Waals surface area contributed by atoms with Crippen LogP contribution in [-0.2, 0) is 27.4 Å². The lowest BCUT2D eigenvalue weighted by atomic mass is 10.1. The Morgan fingerprint density at radius 3 is 2.30 bits per heavy atom. The maximum Gasteiger partial charge on any atom is 0.407 e. The van der Waals surface area contributed by atoms with E-state index in [0.29, 0.717) is 0 Å². The van der Waals surface area contributed by atoms with Gasteiger partial charge in [-0.3, -0.25) is 4.79 Å². The van der Waals surface area contributed by atoms with Crippen LogP contribution in [0.3, 0.4) is 0 Å². The molecule has 160 valence electrons. The second-order valence-corrected chi connectivity index (χ2v) is 7.51. The van der Waals surface area contributed by atoms with Crippen LogP contribution in [0.25, 0.3) is 0 Å². The lowest BCUT2D eigenvalue weighted by Crippen LogP contribution is -2.44. The van der Waals surface area contributed by atoms with Gasteiger partial charge in [-0.15, -0.1) is 0 Å². The van der Waals surface area contributed by atoms with Crippen molar-refractivity contribution >= 4 is 33.9 Å². The topological polar surface area (TPSA) is 125 Å². The SMILES string of the molecule is O=C(C[C@H](O)CNC(=O)OCc1ccccc1)N[C@H](Cc1ccc(Br)cc1)C(=O)O. The third kappa shape index (κ3) is 8.62. The van der Waals surface area contributed by atoms with Gasteiger partial charge in [-0.05, 0) is 23.3 Å². The number of benzene rings is 2. The third-order valence-corrected chi connectivity index (χ3v) is 4.63. The summed E-state index contributed by atoms with van der Waals surface area (Å²) in [5.41, 5.74) is 1.56. The highest BCUT2D eigenvalue weighted by molar-refractivity contribution is 9.10. The molecular weight excluding hydrogens is 456 g/mol. The van der Waals surface area contributed by atoms with Crippen molar-refractivity contribution in [2.45, 2.75) is 31.6 Å². The van der Waals surface area contributed by atoms with Crippen molar-refractivity contribution in [2.24, 2.45) is 0 Å². The Balaban J connectivity index is 1.73. The number of rotatable bonds is 10. The molecule has 0 saturated carbocycles. The van der Waals surface area contributed by atoms with E-state index in [9.17, 15) is 24.6 Å². The van der Waals surface area contributed by atoms with Gasteiger partial charge >= 0.3 is 12.1 Å². The molecule has 0 radical (unpaired) electrons. The Bertz CT molecular complexity index is 844. The van der Waals surface area contributed by atoms with Crippen LogP contribution in [-0.4, -0.2) is 46.9 Å². The van der Waals surface area contributed by atoms with Crippen LogP contribution in [0.5, 0.6) is 0 Å². The summed E-state index contributed by atoms with van der Waals surface area (Å²) < 4.78 is 5.87. The van der Waals surface area contributed by atoms with Crippen molar-refractivity contribution < 1.29 is 29.3 Å². The number of aliphatic carboxylic acids is 1. The highest BCUT2D eigenvalue weighted by Crippen LogP contribution is 2.12. The van der Waals surface area contributed by atoms with Crippen LogP contribution in [0.2, 0.25) is 0 Å². The standard InChI is InChI=1S/C21H23BrN2O6/c22-16-8-6-14(7-9-16)10-18(20(27)28)24-19(26)11-17(25)12-23-21(29)30-13-15-4-2-1-3-5-15/h1-9,17-18,25H,10-13H2,(H,23,29)(H,24,26)(H,27,28)/t17-,18+/m0/s1. The Kier molecular flexibility index (Phi) is 9.30. The minimum Gasteiger partial charge on any atom is -0.480 e. The van der Waals surface area contributed by atoms with E-state index in [-0.39, 0.29) is 26.0 Å². The van der Waals surface area contributed by atoms with E-state index in [1.807, 2.05) is 18.2 Å². The summed E-state index contributed by atoms with van der Waals surface area (Å²) in [5, 5.41) is 24.0. The highest BCUT2D eigenvalue weighted by atomic mass is 79.9. The maximum absolute atomic E-state index is 12.1. The highest BCUT2D eigenvalue weighted by Gasteiger charge is 2.22. The molecule has 4 N–H and O–H groups in total. The van der Waals surface area contributed by atoms with Gasteiger partial charge in [-0.25, -0.2) is 9.59 Å². The first kappa shape index (κ1) is 23.4. The van der Waals surface area contributed by atoms with E-state index >= 15 is 0 Å². The summed E-state index contributed by atoms with van der Waals surface area (Å²) in [6.45, 7) is -0.120. The lowest BCUT2D eigenvalue weighted by molar-refractivity contribution is -0.142. The van der Waals surface area contributed by atoms with Crippen molar-refractivity contribution in [3.8, 4) is 0 Å². The molecular formula is C21H23BrN2O6. The van der Waals surface area contributed by atoms with Gasteiger partial charge in [0.25, 0.3) is 0 Å². The molecule has 0 heterocycles. The zero-order chi connectivity index (χ0) is 21.9. The average Bonchev–Trinajstić information content (AvgIpc) is 2.72. The number of carboxylic acid groups (broad SMARTS) is 1. The van der Waals surface area contributed by atoms with E-state index in [1.165, 1.54) is 0 Å². The van der Waals surface area contributed by atoms with E-state index in [2.05, 4.69) is 26.6 Å². The number of amides is 2. The smallest absolute Gasteiger partial charge is 0.407 e. The van der Waals surface area contributed by atoms with Crippen molar-refractivity contribution in [2.75, 3.05) is 6.54 Å². The number of aliphatic hydroxyl groups excluding tert-OH is 1. The fourth-order valence-electron chi connectivity index (χ4n) is 2.57. The van der Waals surface area contributed by atoms with Crippen molar-refractivity contribution in [1.29, 1.82) is 0 Å². The summed E-state index contributed by atoms with van der Waals surface area (Å²) in [5.74, 6) is -1.81. The number of carbonyl (C=O) groups excluding carboxylic acids is 2. The van der Waals surface area contributed by atoms with Gasteiger partial charge in [0.2, 0.25) is 5.91 Å². The summed E-state index contributed by atoms with van der Waals surface area (Å²) in [7, 11) is 0. The fourth-order valence-corrected chi connectivity index (χ4v) is 2.84. The monoisotopic (exact) mass is 478 g/mol. The van der Waals surface area contributed by atoms with E-state index in [0.717, 1.165) is 15.6 Å². The summed E-state index contributed by atoms with van der Waals surface area (Å²) in [4.78, 5) is 35.2. The Hall–Kier alpha value is -2.91. The number of carbonyl (C=O) groups is 3. The van der Waals surface area contributed by atoms with Gasteiger partial charge in [0.1, 0.15) is 12.6 Å². The van der Waals surface area contributed by atoms with Gasteiger partial charge in [0.15, 0.2) is 0 Å². The number of halogens is 1. The molecule has 8 nitrogen and oxygen atoms in total. The number of hydrogen-bond acceptors (Lipinski definition) is 5. The van der Waals surface area contributed by atoms with Gasteiger partial charge < -0.3 is 25.6 Å². The molecule has 0 unspecified atom stereocenters. The largest absolute Gasteiger partial charge is 0.480 e. The van der Waals surface area contributed by atoms with Crippen LogP contribution in [0, 0.1) is 0 Å². The van der Waals surface area contributed by atoms with E-state index < -0.39 is 30.1 Å². The number of carboxylic acids is 1. The molecule has 0 saturated heterocycles. The predicted molar refractivity (Wildman–Crippen MR) is 113 cm³/mol. The molecule has 2 atom stereocenters. The second-order valence-electron chi connectivity index (χ2n) is 6.59. The molecule has 0 fully saturated rings. The van der Waals surface area contributed by atoms with Crippen molar-refractivity contribution in [3.63, 3.8) is 0 Å². The van der Waals surface area contributed by atoms with E-state index in [1.54, 1.807) is 36.4 Å². The van der Waals surface area contributed by atoms with E-state index in [4.69, 9.17) is 4.74 Å². The van der Waals surface area contributed by atoms with Gasteiger partial charge in [-0.2, -0.15) is 0 Å². The third-order valence-electron chi connectivity index (χ3n) is 4.10. The quantitative estimate of drug-likeness (QED) is 0.414. The van der Waals surface area contributed by atoms with Crippen LogP contribution in [0.1, 0.15) is 17.5 Å². The first-order chi connectivity index (χ1) is 14.3. The lowest BCUT2D eigenvalue weighted by Gasteiger charge is -2.17. The molecule has 0 aliphatic heterocycles. The normalized spacial score (nSPS) is 12.5. The Labute approximate surface area is 182 Å². The van der Waals surface area contributed by atoms with Crippen molar-refractivity contribution in [3.05, 3.63) is 70.2 Å². The zero-order valence-electron chi connectivity index (χ0n) is 16.1. The summed E-state index contributed by atoms with van der Waals surface area (Å²) in [6, 6.07) is 15.0. The summed E-state index contributed by atoms with van der Waals surface area (Å²) in [6.07, 6.45) is -2.16. The molecule has 30 heavy (non-hydrogen) atoms. The molecule has 2 amide bonds. The van der Waals surface area contributed by atoms with Gasteiger partial charge in [0, 0.05) is 17.4 Å². The Morgan fingerprint density at radius 1 is 1.00 bits per heavy atom. The van der Waals surface area contributed by atoms with Crippen molar-refractivity contribution in [1.82, 2.24) is 10.6 Å². The number of ether oxygens (including phenoxy) is 1. The van der Waals surface area contributed by atoms with Gasteiger partial charge in [-0.1, -0.05) is 58.4 Å². The fraction of sp³-hybridized carbons (Fsp3) is 0.286. The summed E-state index contributed by atoms with van der Waals surface area (Å²) >= 11 is 3.30. The molecule has 2 aromatic rings. The molecule has 0 aliphatic rings. The van der Waals surface area contributed by atoms with Crippen LogP contribution >= 0.6 is 15.9 Å². The second kappa shape index (κ2) is 11.9. The van der Waals surface area contributed by atoms with Crippen LogP contribution < -0.4 is 10.6 Å². The van der Waals surface area contributed by atoms with Gasteiger partial charge in [0.05, 0.1) is 12.5 Å². The first-order valence-electron chi connectivity index (χ1n) is 9.22. The molecule has 2 aromatic carbocycles. The number of aliphatic hydroxyl groups is 1. The molecule has 0 spiro atoms. The maximum atomic E-state index is 12.1.